The maximum absolute atomic E-state index is 5.20. The molecule has 1 aromatic carbocycles. The van der Waals surface area contributed by atoms with E-state index < -0.39 is 0 Å². The summed E-state index contributed by atoms with van der Waals surface area (Å²) in [5, 5.41) is 8.17. The molecule has 0 saturated carbocycles. The molecular weight excluding hydrogens is 244 g/mol. The monoisotopic (exact) mass is 254 g/mol. The number of hydrogen-bond donors (Lipinski definition) is 1. The van der Waals surface area contributed by atoms with Crippen LogP contribution in [0.5, 0.6) is 0 Å². The van der Waals surface area contributed by atoms with Gasteiger partial charge in [-0.05, 0) is 32.0 Å². The zero-order valence-corrected chi connectivity index (χ0v) is 9.63. The summed E-state index contributed by atoms with van der Waals surface area (Å²) < 4.78 is 6.23. The van der Waals surface area contributed by atoms with Gasteiger partial charge in [-0.2, -0.15) is 0 Å². The molecule has 0 atom stereocenters. The second kappa shape index (κ2) is 3.61. The summed E-state index contributed by atoms with van der Waals surface area (Å²) in [6, 6.07) is 6.21. The Bertz CT molecular complexity index is 450. The molecule has 0 bridgehead atoms. The molecule has 1 heterocycles. The molecule has 0 spiro atoms. The maximum atomic E-state index is 5.20. The highest BCUT2D eigenvalue weighted by molar-refractivity contribution is 9.10. The highest BCUT2D eigenvalue weighted by Gasteiger charge is 2.08. The molecule has 2 aromatic rings. The number of rotatable bonds is 2. The van der Waals surface area contributed by atoms with Crippen molar-refractivity contribution < 1.29 is 4.52 Å². The van der Waals surface area contributed by atoms with E-state index in [2.05, 4.69) is 40.3 Å². The molecule has 0 saturated heterocycles. The van der Waals surface area contributed by atoms with E-state index in [-0.39, 0.29) is 0 Å². The van der Waals surface area contributed by atoms with Gasteiger partial charge in [0.15, 0.2) is 0 Å². The SMILES string of the molecule is CC(C)Nc1onc2ccc(Br)cc12. The van der Waals surface area contributed by atoms with Crippen LogP contribution >= 0.6 is 15.9 Å². The average Bonchev–Trinajstić information content (AvgIpc) is 2.47. The van der Waals surface area contributed by atoms with Crippen LogP contribution in [-0.2, 0) is 0 Å². The number of nitrogens with zero attached hydrogens (tertiary/aromatic N) is 1. The van der Waals surface area contributed by atoms with Gasteiger partial charge in [0, 0.05) is 10.5 Å². The van der Waals surface area contributed by atoms with Gasteiger partial charge in [-0.15, -0.1) is 0 Å². The van der Waals surface area contributed by atoms with E-state index in [0.717, 1.165) is 21.3 Å². The number of benzene rings is 1. The Hall–Kier alpha value is -1.03. The van der Waals surface area contributed by atoms with Crippen molar-refractivity contribution in [2.75, 3.05) is 5.32 Å². The fraction of sp³-hybridized carbons (Fsp3) is 0.300. The van der Waals surface area contributed by atoms with Crippen molar-refractivity contribution in [3.63, 3.8) is 0 Å². The lowest BCUT2D eigenvalue weighted by atomic mass is 10.2. The number of nitrogens with one attached hydrogen (secondary N) is 1. The molecule has 0 aliphatic carbocycles. The Balaban J connectivity index is 2.50. The summed E-state index contributed by atoms with van der Waals surface area (Å²) >= 11 is 3.42. The fourth-order valence-electron chi connectivity index (χ4n) is 1.28. The standard InChI is InChI=1S/C10H11BrN2O/c1-6(2)12-10-8-5-7(11)3-4-9(8)13-14-10/h3-6,12H,1-2H3. The summed E-state index contributed by atoms with van der Waals surface area (Å²) in [7, 11) is 0. The highest BCUT2D eigenvalue weighted by atomic mass is 79.9. The molecule has 3 nitrogen and oxygen atoms in total. The molecular formula is C10H11BrN2O. The Kier molecular flexibility index (Phi) is 2.46. The zero-order valence-electron chi connectivity index (χ0n) is 8.04. The topological polar surface area (TPSA) is 38.1 Å². The van der Waals surface area contributed by atoms with Crippen LogP contribution in [0.2, 0.25) is 0 Å². The van der Waals surface area contributed by atoms with Gasteiger partial charge in [-0.3, -0.25) is 0 Å². The predicted octanol–water partition coefficient (Wildman–Crippen LogP) is 3.41. The van der Waals surface area contributed by atoms with Crippen LogP contribution in [-0.4, -0.2) is 11.2 Å². The fourth-order valence-corrected chi connectivity index (χ4v) is 1.64. The Morgan fingerprint density at radius 3 is 2.93 bits per heavy atom. The molecule has 0 aliphatic rings. The molecule has 74 valence electrons. The van der Waals surface area contributed by atoms with E-state index in [4.69, 9.17) is 4.52 Å². The minimum absolute atomic E-state index is 0.338. The maximum Gasteiger partial charge on any atom is 0.232 e. The van der Waals surface area contributed by atoms with Crippen molar-refractivity contribution in [2.45, 2.75) is 19.9 Å². The average molecular weight is 255 g/mol. The first-order chi connectivity index (χ1) is 6.66. The first-order valence-corrected chi connectivity index (χ1v) is 5.27. The molecule has 0 unspecified atom stereocenters. The highest BCUT2D eigenvalue weighted by Crippen LogP contribution is 2.26. The van der Waals surface area contributed by atoms with Crippen molar-refractivity contribution in [1.82, 2.24) is 5.16 Å². The van der Waals surface area contributed by atoms with Crippen molar-refractivity contribution in [3.8, 4) is 0 Å². The largest absolute Gasteiger partial charge is 0.351 e. The van der Waals surface area contributed by atoms with Crippen LogP contribution < -0.4 is 5.32 Å². The van der Waals surface area contributed by atoms with Crippen LogP contribution in [0.4, 0.5) is 5.88 Å². The van der Waals surface area contributed by atoms with Crippen LogP contribution in [0.1, 0.15) is 13.8 Å². The van der Waals surface area contributed by atoms with Crippen molar-refractivity contribution in [2.24, 2.45) is 0 Å². The van der Waals surface area contributed by atoms with E-state index in [9.17, 15) is 0 Å². The molecule has 1 N–H and O–H groups in total. The Labute approximate surface area is 90.6 Å². The number of aromatic nitrogens is 1. The quantitative estimate of drug-likeness (QED) is 0.893. The summed E-state index contributed by atoms with van der Waals surface area (Å²) in [4.78, 5) is 0. The summed E-state index contributed by atoms with van der Waals surface area (Å²) in [6.07, 6.45) is 0. The molecule has 0 radical (unpaired) electrons. The first-order valence-electron chi connectivity index (χ1n) is 4.48. The van der Waals surface area contributed by atoms with Crippen LogP contribution in [0, 0.1) is 0 Å². The first kappa shape index (κ1) is 9.52. The van der Waals surface area contributed by atoms with Gasteiger partial charge in [0.05, 0.1) is 5.39 Å². The molecule has 2 rings (SSSR count). The van der Waals surface area contributed by atoms with E-state index in [1.54, 1.807) is 0 Å². The predicted molar refractivity (Wildman–Crippen MR) is 60.5 cm³/mol. The van der Waals surface area contributed by atoms with Crippen molar-refractivity contribution in [1.29, 1.82) is 0 Å². The number of anilines is 1. The Morgan fingerprint density at radius 1 is 1.43 bits per heavy atom. The van der Waals surface area contributed by atoms with E-state index in [1.807, 2.05) is 18.2 Å². The molecule has 0 amide bonds. The van der Waals surface area contributed by atoms with Gasteiger partial charge in [0.1, 0.15) is 5.52 Å². The zero-order chi connectivity index (χ0) is 10.1. The van der Waals surface area contributed by atoms with Crippen LogP contribution in [0.3, 0.4) is 0 Å². The lowest BCUT2D eigenvalue weighted by Crippen LogP contribution is -2.08. The summed E-state index contributed by atoms with van der Waals surface area (Å²) in [6.45, 7) is 4.12. The van der Waals surface area contributed by atoms with Crippen LogP contribution in [0.15, 0.2) is 27.2 Å². The molecule has 0 aliphatic heterocycles. The third-order valence-electron chi connectivity index (χ3n) is 1.86. The lowest BCUT2D eigenvalue weighted by Gasteiger charge is -2.04. The Morgan fingerprint density at radius 2 is 2.21 bits per heavy atom. The third kappa shape index (κ3) is 1.75. The van der Waals surface area contributed by atoms with Gasteiger partial charge in [0.2, 0.25) is 5.88 Å². The number of hydrogen-bond acceptors (Lipinski definition) is 3. The summed E-state index contributed by atoms with van der Waals surface area (Å²) in [5.41, 5.74) is 0.872. The molecule has 4 heteroatoms. The van der Waals surface area contributed by atoms with E-state index >= 15 is 0 Å². The van der Waals surface area contributed by atoms with Gasteiger partial charge < -0.3 is 9.84 Å². The van der Waals surface area contributed by atoms with E-state index in [0.29, 0.717) is 6.04 Å². The third-order valence-corrected chi connectivity index (χ3v) is 2.35. The molecule has 0 fully saturated rings. The van der Waals surface area contributed by atoms with Crippen molar-refractivity contribution >= 4 is 32.7 Å². The minimum atomic E-state index is 0.338. The van der Waals surface area contributed by atoms with E-state index in [1.165, 1.54) is 0 Å². The number of fused-ring (bicyclic) bond motifs is 1. The second-order valence-corrected chi connectivity index (χ2v) is 4.39. The van der Waals surface area contributed by atoms with Crippen LogP contribution in [0.25, 0.3) is 10.9 Å². The second-order valence-electron chi connectivity index (χ2n) is 3.47. The summed E-state index contributed by atoms with van der Waals surface area (Å²) in [5.74, 6) is 0.733. The molecule has 1 aromatic heterocycles. The van der Waals surface area contributed by atoms with Gasteiger partial charge in [0.25, 0.3) is 0 Å². The normalized spacial score (nSPS) is 11.1. The molecule has 14 heavy (non-hydrogen) atoms. The van der Waals surface area contributed by atoms with Crippen molar-refractivity contribution in [3.05, 3.63) is 22.7 Å². The number of halogens is 1. The van der Waals surface area contributed by atoms with Gasteiger partial charge >= 0.3 is 0 Å². The minimum Gasteiger partial charge on any atom is -0.351 e. The lowest BCUT2D eigenvalue weighted by molar-refractivity contribution is 0.438. The van der Waals surface area contributed by atoms with Gasteiger partial charge in [-0.25, -0.2) is 0 Å². The van der Waals surface area contributed by atoms with Gasteiger partial charge in [-0.1, -0.05) is 21.1 Å². The smallest absolute Gasteiger partial charge is 0.232 e.